The predicted octanol–water partition coefficient (Wildman–Crippen LogP) is 0.879. The van der Waals surface area contributed by atoms with E-state index in [0.29, 0.717) is 22.8 Å². The highest BCUT2D eigenvalue weighted by Crippen LogP contribution is 2.42. The summed E-state index contributed by atoms with van der Waals surface area (Å²) in [6.07, 6.45) is 0. The maximum Gasteiger partial charge on any atom is 0.203 e. The molecule has 0 saturated carbocycles. The quantitative estimate of drug-likeness (QED) is 0.800. The molecule has 0 aliphatic heterocycles. The minimum Gasteiger partial charge on any atom is -0.493 e. The van der Waals surface area contributed by atoms with Crippen molar-refractivity contribution >= 4 is 0 Å². The number of aliphatic hydroxyl groups excluding tert-OH is 1. The number of nitrogens with two attached hydrogens (primary N) is 1. The van der Waals surface area contributed by atoms with Gasteiger partial charge in [0.1, 0.15) is 0 Å². The second-order valence-corrected chi connectivity index (χ2v) is 3.96. The Morgan fingerprint density at radius 1 is 1.12 bits per heavy atom. The van der Waals surface area contributed by atoms with Crippen molar-refractivity contribution in [3.63, 3.8) is 0 Å². The third-order valence-corrected chi connectivity index (χ3v) is 2.65. The summed E-state index contributed by atoms with van der Waals surface area (Å²) in [5.41, 5.74) is 5.77. The van der Waals surface area contributed by atoms with Crippen LogP contribution in [0.2, 0.25) is 0 Å². The fourth-order valence-corrected chi connectivity index (χ4v) is 1.64. The highest BCUT2D eigenvalue weighted by molar-refractivity contribution is 5.57. The second-order valence-electron chi connectivity index (χ2n) is 3.96. The normalized spacial score (nSPS) is 14.0. The van der Waals surface area contributed by atoms with Crippen LogP contribution in [-0.4, -0.2) is 33.0 Å². The monoisotopic (exact) mass is 241 g/mol. The van der Waals surface area contributed by atoms with E-state index < -0.39 is 5.54 Å². The minimum absolute atomic E-state index is 0.196. The topological polar surface area (TPSA) is 73.9 Å². The Hall–Kier alpha value is -1.46. The van der Waals surface area contributed by atoms with Gasteiger partial charge in [-0.3, -0.25) is 0 Å². The molecule has 0 bridgehead atoms. The van der Waals surface area contributed by atoms with E-state index in [0.717, 1.165) is 0 Å². The summed E-state index contributed by atoms with van der Waals surface area (Å²) in [4.78, 5) is 0. The molecule has 1 aromatic rings. The second kappa shape index (κ2) is 5.25. The van der Waals surface area contributed by atoms with E-state index in [1.165, 1.54) is 14.2 Å². The van der Waals surface area contributed by atoms with E-state index in [1.54, 1.807) is 26.2 Å². The van der Waals surface area contributed by atoms with Crippen molar-refractivity contribution in [2.45, 2.75) is 12.5 Å². The fraction of sp³-hybridized carbons (Fsp3) is 0.500. The highest BCUT2D eigenvalue weighted by Gasteiger charge is 2.28. The Bertz CT molecular complexity index is 390. The highest BCUT2D eigenvalue weighted by atomic mass is 16.5. The lowest BCUT2D eigenvalue weighted by atomic mass is 9.92. The zero-order chi connectivity index (χ0) is 13.1. The Kier molecular flexibility index (Phi) is 4.20. The van der Waals surface area contributed by atoms with Crippen molar-refractivity contribution < 1.29 is 19.3 Å². The van der Waals surface area contributed by atoms with Gasteiger partial charge in [0.2, 0.25) is 5.75 Å². The van der Waals surface area contributed by atoms with Crippen molar-refractivity contribution in [3.05, 3.63) is 17.7 Å². The lowest BCUT2D eigenvalue weighted by Gasteiger charge is -2.26. The molecule has 0 aliphatic rings. The summed E-state index contributed by atoms with van der Waals surface area (Å²) in [6.45, 7) is 1.52. The van der Waals surface area contributed by atoms with Crippen LogP contribution >= 0.6 is 0 Å². The number of rotatable bonds is 5. The molecule has 0 saturated heterocycles. The number of aliphatic hydroxyl groups is 1. The average molecular weight is 241 g/mol. The van der Waals surface area contributed by atoms with Gasteiger partial charge in [0, 0.05) is 5.56 Å². The van der Waals surface area contributed by atoms with Crippen molar-refractivity contribution in [3.8, 4) is 17.2 Å². The molecular formula is C12H19NO4. The van der Waals surface area contributed by atoms with E-state index in [1.807, 2.05) is 0 Å². The van der Waals surface area contributed by atoms with Crippen LogP contribution in [-0.2, 0) is 5.54 Å². The van der Waals surface area contributed by atoms with Crippen LogP contribution in [0.1, 0.15) is 12.5 Å². The Morgan fingerprint density at radius 2 is 1.71 bits per heavy atom. The van der Waals surface area contributed by atoms with E-state index in [-0.39, 0.29) is 6.61 Å². The Labute approximate surface area is 101 Å². The van der Waals surface area contributed by atoms with Crippen molar-refractivity contribution in [2.24, 2.45) is 5.73 Å². The first-order valence-electron chi connectivity index (χ1n) is 5.21. The Morgan fingerprint density at radius 3 is 2.12 bits per heavy atom. The molecule has 0 fully saturated rings. The predicted molar refractivity (Wildman–Crippen MR) is 64.7 cm³/mol. The molecular weight excluding hydrogens is 222 g/mol. The molecule has 0 amide bonds. The van der Waals surface area contributed by atoms with Crippen molar-refractivity contribution in [1.82, 2.24) is 0 Å². The van der Waals surface area contributed by atoms with Crippen LogP contribution in [0, 0.1) is 0 Å². The molecule has 1 aromatic carbocycles. The van der Waals surface area contributed by atoms with Crippen LogP contribution in [0.5, 0.6) is 17.2 Å². The number of methoxy groups -OCH3 is 3. The molecule has 0 aliphatic carbocycles. The van der Waals surface area contributed by atoms with E-state index in [2.05, 4.69) is 0 Å². The van der Waals surface area contributed by atoms with E-state index in [9.17, 15) is 5.11 Å². The first kappa shape index (κ1) is 13.6. The minimum atomic E-state index is -0.898. The molecule has 1 rings (SSSR count). The maximum absolute atomic E-state index is 9.30. The van der Waals surface area contributed by atoms with Crippen molar-refractivity contribution in [1.29, 1.82) is 0 Å². The lowest BCUT2D eigenvalue weighted by Crippen LogP contribution is -2.37. The maximum atomic E-state index is 9.30. The fourth-order valence-electron chi connectivity index (χ4n) is 1.64. The third-order valence-electron chi connectivity index (χ3n) is 2.65. The standard InChI is InChI=1S/C12H19NO4/c1-12(13,7-14)8-5-6-9(15-2)11(17-4)10(8)16-3/h5-6,14H,7,13H2,1-4H3. The first-order valence-corrected chi connectivity index (χ1v) is 5.21. The van der Waals surface area contributed by atoms with Gasteiger partial charge in [-0.2, -0.15) is 0 Å². The summed E-state index contributed by atoms with van der Waals surface area (Å²) in [5, 5.41) is 9.30. The Balaban J connectivity index is 3.43. The summed E-state index contributed by atoms with van der Waals surface area (Å²) in [7, 11) is 4.59. The van der Waals surface area contributed by atoms with Gasteiger partial charge >= 0.3 is 0 Å². The molecule has 0 spiro atoms. The molecule has 5 nitrogen and oxygen atoms in total. The molecule has 1 unspecified atom stereocenters. The van der Waals surface area contributed by atoms with E-state index >= 15 is 0 Å². The van der Waals surface area contributed by atoms with Gasteiger partial charge in [0.25, 0.3) is 0 Å². The number of hydrogen-bond donors (Lipinski definition) is 2. The van der Waals surface area contributed by atoms with Gasteiger partial charge in [-0.15, -0.1) is 0 Å². The summed E-state index contributed by atoms with van der Waals surface area (Å²) in [5.74, 6) is 1.50. The van der Waals surface area contributed by atoms with Gasteiger partial charge in [0.15, 0.2) is 11.5 Å². The SMILES string of the molecule is COc1ccc(C(C)(N)CO)c(OC)c1OC. The third kappa shape index (κ3) is 2.45. The largest absolute Gasteiger partial charge is 0.493 e. The number of hydrogen-bond acceptors (Lipinski definition) is 5. The zero-order valence-corrected chi connectivity index (χ0v) is 10.6. The van der Waals surface area contributed by atoms with Crippen molar-refractivity contribution in [2.75, 3.05) is 27.9 Å². The van der Waals surface area contributed by atoms with Gasteiger partial charge in [-0.25, -0.2) is 0 Å². The summed E-state index contributed by atoms with van der Waals surface area (Å²) in [6, 6.07) is 3.49. The molecule has 17 heavy (non-hydrogen) atoms. The lowest BCUT2D eigenvalue weighted by molar-refractivity contribution is 0.205. The molecule has 5 heteroatoms. The zero-order valence-electron chi connectivity index (χ0n) is 10.6. The van der Waals surface area contributed by atoms with Gasteiger partial charge in [-0.05, 0) is 19.1 Å². The van der Waals surface area contributed by atoms with Crippen LogP contribution in [0.25, 0.3) is 0 Å². The molecule has 3 N–H and O–H groups in total. The molecule has 0 radical (unpaired) electrons. The smallest absolute Gasteiger partial charge is 0.203 e. The summed E-state index contributed by atoms with van der Waals surface area (Å²) >= 11 is 0. The first-order chi connectivity index (χ1) is 8.01. The molecule has 96 valence electrons. The van der Waals surface area contributed by atoms with Crippen LogP contribution < -0.4 is 19.9 Å². The van der Waals surface area contributed by atoms with E-state index in [4.69, 9.17) is 19.9 Å². The molecule has 0 aromatic heterocycles. The number of benzene rings is 1. The number of ether oxygens (including phenoxy) is 3. The average Bonchev–Trinajstić information content (AvgIpc) is 2.36. The van der Waals surface area contributed by atoms with Gasteiger partial charge in [0.05, 0.1) is 33.5 Å². The van der Waals surface area contributed by atoms with Gasteiger partial charge in [-0.1, -0.05) is 0 Å². The van der Waals surface area contributed by atoms with Crippen LogP contribution in [0.4, 0.5) is 0 Å². The molecule has 1 atom stereocenters. The van der Waals surface area contributed by atoms with Crippen LogP contribution in [0.15, 0.2) is 12.1 Å². The van der Waals surface area contributed by atoms with Gasteiger partial charge < -0.3 is 25.1 Å². The van der Waals surface area contributed by atoms with Crippen LogP contribution in [0.3, 0.4) is 0 Å². The molecule has 0 heterocycles. The summed E-state index contributed by atoms with van der Waals surface area (Å²) < 4.78 is 15.7.